The largest absolute Gasteiger partial charge is 0.290 e. The Morgan fingerprint density at radius 2 is 2.07 bits per heavy atom. The molecule has 0 aliphatic carbocycles. The van der Waals surface area contributed by atoms with Crippen LogP contribution in [0.4, 0.5) is 0 Å². The van der Waals surface area contributed by atoms with Gasteiger partial charge in [-0.1, -0.05) is 38.3 Å². The molecule has 0 radical (unpaired) electrons. The van der Waals surface area contributed by atoms with Crippen molar-refractivity contribution in [3.63, 3.8) is 0 Å². The molecule has 0 N–H and O–H groups in total. The molecule has 0 fully saturated rings. The minimum absolute atomic E-state index is 0.0594. The molecule has 7 heteroatoms. The van der Waals surface area contributed by atoms with E-state index in [1.54, 1.807) is 23.0 Å². The maximum Gasteiger partial charge on any atom is 0.290 e. The first kappa shape index (κ1) is 20.4. The quantitative estimate of drug-likeness (QED) is 0.365. The highest BCUT2D eigenvalue weighted by atomic mass is 35.5. The van der Waals surface area contributed by atoms with Crippen LogP contribution in [0.3, 0.4) is 0 Å². The Balaban J connectivity index is 1.68. The van der Waals surface area contributed by atoms with Gasteiger partial charge in [0.05, 0.1) is 11.0 Å². The van der Waals surface area contributed by atoms with Gasteiger partial charge in [0.2, 0.25) is 4.75 Å². The molecule has 1 aliphatic heterocycles. The van der Waals surface area contributed by atoms with E-state index in [2.05, 4.69) is 40.3 Å². The number of aromatic nitrogens is 4. The number of rotatable bonds is 7. The number of carbonyl (C=O) groups is 1. The first-order chi connectivity index (χ1) is 14.1. The van der Waals surface area contributed by atoms with Gasteiger partial charge < -0.3 is 0 Å². The van der Waals surface area contributed by atoms with Crippen LogP contribution < -0.4 is 0 Å². The summed E-state index contributed by atoms with van der Waals surface area (Å²) in [5, 5.41) is 2.88. The van der Waals surface area contributed by atoms with E-state index in [1.807, 2.05) is 6.07 Å². The van der Waals surface area contributed by atoms with Crippen LogP contribution in [0.25, 0.3) is 22.3 Å². The molecule has 3 aromatic rings. The van der Waals surface area contributed by atoms with E-state index in [9.17, 15) is 4.79 Å². The standard InChI is InChI=1S/C22H26ClN4OS/c1-3-5-6-7-12-29-13-8-11-22(29,4-2)21(28)27-15-24-19-20(27)26-17-10-9-16(23)14-18(17)25-19/h8-10,13-15H,3-7,11-12H2,1-2H3/q+1. The second kappa shape index (κ2) is 8.44. The normalized spacial score (nSPS) is 21.4. The summed E-state index contributed by atoms with van der Waals surface area (Å²) in [7, 11) is -0.0594. The minimum Gasteiger partial charge on any atom is -0.268 e. The molecule has 0 saturated carbocycles. The summed E-state index contributed by atoms with van der Waals surface area (Å²) in [6.07, 6.45) is 10.3. The van der Waals surface area contributed by atoms with Crippen LogP contribution in [-0.2, 0) is 10.9 Å². The maximum absolute atomic E-state index is 13.8. The lowest BCUT2D eigenvalue weighted by atomic mass is 10.0. The number of allylic oxidation sites excluding steroid dienone is 1. The van der Waals surface area contributed by atoms with E-state index < -0.39 is 4.75 Å². The molecule has 5 nitrogen and oxygen atoms in total. The van der Waals surface area contributed by atoms with E-state index in [1.165, 1.54) is 25.7 Å². The molecular formula is C22H26ClN4OS+. The molecule has 0 spiro atoms. The average molecular weight is 430 g/mol. The van der Waals surface area contributed by atoms with Gasteiger partial charge >= 0.3 is 0 Å². The summed E-state index contributed by atoms with van der Waals surface area (Å²) in [6.45, 7) is 4.35. The van der Waals surface area contributed by atoms with Gasteiger partial charge in [-0.3, -0.25) is 4.79 Å². The van der Waals surface area contributed by atoms with Gasteiger partial charge in [-0.15, -0.1) is 0 Å². The van der Waals surface area contributed by atoms with Crippen LogP contribution in [0, 0.1) is 0 Å². The number of benzene rings is 1. The monoisotopic (exact) mass is 429 g/mol. The lowest BCUT2D eigenvalue weighted by Crippen LogP contribution is -2.46. The number of unbranched alkanes of at least 4 members (excludes halogenated alkanes) is 3. The topological polar surface area (TPSA) is 60.7 Å². The minimum atomic E-state index is -0.392. The van der Waals surface area contributed by atoms with Crippen molar-refractivity contribution in [1.29, 1.82) is 0 Å². The van der Waals surface area contributed by atoms with Crippen molar-refractivity contribution in [2.24, 2.45) is 0 Å². The molecule has 0 saturated heterocycles. The Bertz CT molecular complexity index is 1080. The van der Waals surface area contributed by atoms with Gasteiger partial charge in [0, 0.05) is 28.8 Å². The number of nitrogens with zero attached hydrogens (tertiary/aromatic N) is 4. The fraction of sp³-hybridized carbons (Fsp3) is 0.455. The fourth-order valence-corrected chi connectivity index (χ4v) is 6.81. The smallest absolute Gasteiger partial charge is 0.268 e. The van der Waals surface area contributed by atoms with Crippen molar-refractivity contribution in [3.05, 3.63) is 41.0 Å². The molecule has 0 bridgehead atoms. The number of carbonyl (C=O) groups excluding carboxylic acids is 1. The number of fused-ring (bicyclic) bond motifs is 2. The van der Waals surface area contributed by atoms with Crippen molar-refractivity contribution in [2.45, 2.75) is 57.1 Å². The van der Waals surface area contributed by atoms with Crippen molar-refractivity contribution < 1.29 is 4.79 Å². The second-order valence-electron chi connectivity index (χ2n) is 7.54. The predicted octanol–water partition coefficient (Wildman–Crippen LogP) is 5.54. The zero-order valence-corrected chi connectivity index (χ0v) is 18.5. The predicted molar refractivity (Wildman–Crippen MR) is 122 cm³/mol. The Kier molecular flexibility index (Phi) is 5.93. The van der Waals surface area contributed by atoms with E-state index in [0.717, 1.165) is 18.6 Å². The van der Waals surface area contributed by atoms with Crippen LogP contribution in [0.2, 0.25) is 5.02 Å². The SMILES string of the molecule is CCCCCC[S+]1C=CCC1(CC)C(=O)n1cnc2nc3cc(Cl)ccc3nc21. The third-order valence-corrected chi connectivity index (χ3v) is 8.84. The van der Waals surface area contributed by atoms with Gasteiger partial charge in [0.1, 0.15) is 17.5 Å². The number of hydrogen-bond acceptors (Lipinski definition) is 4. The highest BCUT2D eigenvalue weighted by molar-refractivity contribution is 8.01. The average Bonchev–Trinajstić information content (AvgIpc) is 3.33. The molecule has 3 heterocycles. The van der Waals surface area contributed by atoms with E-state index in [0.29, 0.717) is 27.4 Å². The zero-order valence-electron chi connectivity index (χ0n) is 16.9. The van der Waals surface area contributed by atoms with Gasteiger partial charge in [0.25, 0.3) is 5.91 Å². The van der Waals surface area contributed by atoms with Crippen molar-refractivity contribution >= 4 is 50.7 Å². The Hall–Kier alpha value is -1.92. The van der Waals surface area contributed by atoms with Gasteiger partial charge in [0.15, 0.2) is 11.3 Å². The van der Waals surface area contributed by atoms with Gasteiger partial charge in [-0.05, 0) is 37.1 Å². The lowest BCUT2D eigenvalue weighted by molar-refractivity contribution is 0.0861. The van der Waals surface area contributed by atoms with E-state index >= 15 is 0 Å². The van der Waals surface area contributed by atoms with E-state index in [-0.39, 0.29) is 16.8 Å². The summed E-state index contributed by atoms with van der Waals surface area (Å²) in [5.74, 6) is 1.17. The first-order valence-electron chi connectivity index (χ1n) is 10.3. The summed E-state index contributed by atoms with van der Waals surface area (Å²) in [5.41, 5.74) is 2.41. The molecule has 29 heavy (non-hydrogen) atoms. The van der Waals surface area contributed by atoms with Gasteiger partial charge in [-0.2, -0.15) is 0 Å². The highest BCUT2D eigenvalue weighted by Gasteiger charge is 2.54. The maximum atomic E-state index is 13.8. The summed E-state index contributed by atoms with van der Waals surface area (Å²) in [4.78, 5) is 27.4. The third kappa shape index (κ3) is 3.68. The zero-order chi connectivity index (χ0) is 20.4. The molecule has 4 rings (SSSR count). The van der Waals surface area contributed by atoms with Gasteiger partial charge in [-0.25, -0.2) is 19.5 Å². The first-order valence-corrected chi connectivity index (χ1v) is 12.1. The molecule has 2 atom stereocenters. The Morgan fingerprint density at radius 1 is 1.21 bits per heavy atom. The second-order valence-corrected chi connectivity index (χ2v) is 10.3. The summed E-state index contributed by atoms with van der Waals surface area (Å²) >= 11 is 6.07. The van der Waals surface area contributed by atoms with Crippen molar-refractivity contribution in [1.82, 2.24) is 19.5 Å². The summed E-state index contributed by atoms with van der Waals surface area (Å²) < 4.78 is 1.23. The number of imidazole rings is 1. The molecule has 0 amide bonds. The lowest BCUT2D eigenvalue weighted by Gasteiger charge is -2.25. The number of hydrogen-bond donors (Lipinski definition) is 0. The fourth-order valence-electron chi connectivity index (χ4n) is 4.01. The molecule has 2 aromatic heterocycles. The molecule has 152 valence electrons. The van der Waals surface area contributed by atoms with E-state index in [4.69, 9.17) is 11.6 Å². The van der Waals surface area contributed by atoms with Crippen LogP contribution in [0.1, 0.15) is 57.2 Å². The highest BCUT2D eigenvalue weighted by Crippen LogP contribution is 2.38. The molecular weight excluding hydrogens is 404 g/mol. The van der Waals surface area contributed by atoms with Crippen LogP contribution in [0.15, 0.2) is 36.0 Å². The summed E-state index contributed by atoms with van der Waals surface area (Å²) in [6, 6.07) is 5.39. The third-order valence-electron chi connectivity index (χ3n) is 5.72. The molecule has 1 aliphatic rings. The van der Waals surface area contributed by atoms with Crippen LogP contribution in [0.5, 0.6) is 0 Å². The van der Waals surface area contributed by atoms with Crippen LogP contribution in [-0.4, -0.2) is 35.9 Å². The van der Waals surface area contributed by atoms with Crippen molar-refractivity contribution in [2.75, 3.05) is 5.75 Å². The Labute approximate surface area is 178 Å². The Morgan fingerprint density at radius 3 is 2.86 bits per heavy atom. The molecule has 1 aromatic carbocycles. The number of halogens is 1. The molecule has 2 unspecified atom stereocenters. The van der Waals surface area contributed by atoms with Crippen molar-refractivity contribution in [3.8, 4) is 0 Å². The van der Waals surface area contributed by atoms with Crippen LogP contribution >= 0.6 is 11.6 Å².